The first-order chi connectivity index (χ1) is 4.16. The van der Waals surface area contributed by atoms with Gasteiger partial charge in [-0.15, -0.1) is 0 Å². The summed E-state index contributed by atoms with van der Waals surface area (Å²) in [6.45, 7) is 6.76. The van der Waals surface area contributed by atoms with Crippen LogP contribution in [0.1, 0.15) is 27.2 Å². The van der Waals surface area contributed by atoms with Crippen LogP contribution in [0.4, 0.5) is 0 Å². The summed E-state index contributed by atoms with van der Waals surface area (Å²) in [5, 5.41) is 0. The molecule has 0 radical (unpaired) electrons. The van der Waals surface area contributed by atoms with Gasteiger partial charge in [0.05, 0.1) is 0 Å². The van der Waals surface area contributed by atoms with Gasteiger partial charge in [0, 0.05) is 0 Å². The maximum absolute atomic E-state index is 4.10. The molecule has 0 bridgehead atoms. The Morgan fingerprint density at radius 1 is 1.44 bits per heavy atom. The summed E-state index contributed by atoms with van der Waals surface area (Å²) in [6.07, 6.45) is 1.29. The minimum Gasteiger partial charge on any atom is -0.193 e. The van der Waals surface area contributed by atoms with Crippen molar-refractivity contribution in [2.75, 3.05) is 11.5 Å². The van der Waals surface area contributed by atoms with Gasteiger partial charge in [0.2, 0.25) is 0 Å². The van der Waals surface area contributed by atoms with Crippen molar-refractivity contribution >= 4 is 16.4 Å². The van der Waals surface area contributed by atoms with Gasteiger partial charge in [0.15, 0.2) is 0 Å². The Morgan fingerprint density at radius 2 is 2.00 bits per heavy atom. The van der Waals surface area contributed by atoms with Gasteiger partial charge in [0.1, 0.15) is 0 Å². The highest BCUT2D eigenvalue weighted by Crippen LogP contribution is 2.14. The molecule has 1 unspecified atom stereocenters. The molecule has 0 aromatic heterocycles. The van der Waals surface area contributed by atoms with Gasteiger partial charge >= 0.3 is 0 Å². The molecule has 0 aromatic carbocycles. The molecule has 0 aliphatic rings. The van der Waals surface area contributed by atoms with Crippen molar-refractivity contribution in [3.8, 4) is 0 Å². The first kappa shape index (κ1) is 9.22. The van der Waals surface area contributed by atoms with E-state index in [9.17, 15) is 0 Å². The van der Waals surface area contributed by atoms with Crippen LogP contribution in [0.25, 0.3) is 0 Å². The van der Waals surface area contributed by atoms with Crippen LogP contribution in [0.5, 0.6) is 0 Å². The highest BCUT2D eigenvalue weighted by atomic mass is 32.2. The molecule has 0 rings (SSSR count). The fourth-order valence-electron chi connectivity index (χ4n) is 0.843. The van der Waals surface area contributed by atoms with Crippen molar-refractivity contribution in [2.45, 2.75) is 27.2 Å². The summed E-state index contributed by atoms with van der Waals surface area (Å²) in [7, 11) is 0.450. The third-order valence-corrected chi connectivity index (χ3v) is 3.19. The second-order valence-electron chi connectivity index (χ2n) is 2.88. The average molecular weight is 146 g/mol. The molecule has 0 aliphatic carbocycles. The van der Waals surface area contributed by atoms with Crippen molar-refractivity contribution in [3.63, 3.8) is 0 Å². The molecule has 0 fully saturated rings. The van der Waals surface area contributed by atoms with E-state index in [-0.39, 0.29) is 0 Å². The van der Waals surface area contributed by atoms with E-state index >= 15 is 0 Å². The topological polar surface area (TPSA) is 0 Å². The monoisotopic (exact) mass is 146 g/mol. The zero-order chi connectivity index (χ0) is 7.28. The van der Waals surface area contributed by atoms with Crippen LogP contribution in [0.2, 0.25) is 0 Å². The summed E-state index contributed by atoms with van der Waals surface area (Å²) in [5.74, 6) is 7.56. The third kappa shape index (κ3) is 6.10. The Morgan fingerprint density at radius 3 is 2.33 bits per heavy atom. The molecule has 9 heavy (non-hydrogen) atoms. The standard InChI is InChI=1S/C8H18S/c1-5-6-9(4)7-8(2)3/h8H,4-7H2,1-3H3. The highest BCUT2D eigenvalue weighted by molar-refractivity contribution is 8.14. The van der Waals surface area contributed by atoms with E-state index in [1.165, 1.54) is 17.9 Å². The summed E-state index contributed by atoms with van der Waals surface area (Å²) >= 11 is 0. The molecule has 0 heterocycles. The van der Waals surface area contributed by atoms with Crippen LogP contribution < -0.4 is 0 Å². The first-order valence-corrected chi connectivity index (χ1v) is 5.37. The van der Waals surface area contributed by atoms with Crippen molar-refractivity contribution < 1.29 is 0 Å². The van der Waals surface area contributed by atoms with E-state index in [1.54, 1.807) is 0 Å². The molecule has 0 aromatic rings. The minimum absolute atomic E-state index is 0.450. The Kier molecular flexibility index (Phi) is 5.16. The van der Waals surface area contributed by atoms with Gasteiger partial charge in [0.25, 0.3) is 0 Å². The van der Waals surface area contributed by atoms with Crippen molar-refractivity contribution in [3.05, 3.63) is 0 Å². The number of rotatable bonds is 4. The zero-order valence-corrected chi connectivity index (χ0v) is 7.63. The van der Waals surface area contributed by atoms with Crippen molar-refractivity contribution in [1.82, 2.24) is 0 Å². The quantitative estimate of drug-likeness (QED) is 0.535. The third-order valence-electron chi connectivity index (χ3n) is 1.06. The molecule has 0 nitrogen and oxygen atoms in total. The summed E-state index contributed by atoms with van der Waals surface area (Å²) < 4.78 is 0. The summed E-state index contributed by atoms with van der Waals surface area (Å²) in [6, 6.07) is 0. The molecule has 0 N–H and O–H groups in total. The van der Waals surface area contributed by atoms with Crippen molar-refractivity contribution in [1.29, 1.82) is 0 Å². The minimum atomic E-state index is 0.450. The molecule has 0 saturated heterocycles. The van der Waals surface area contributed by atoms with Crippen LogP contribution in [0, 0.1) is 5.92 Å². The van der Waals surface area contributed by atoms with Crippen LogP contribution in [0.15, 0.2) is 0 Å². The Labute approximate surface area is 61.6 Å². The molecular weight excluding hydrogens is 128 g/mol. The van der Waals surface area contributed by atoms with Gasteiger partial charge in [-0.25, -0.2) is 0 Å². The van der Waals surface area contributed by atoms with E-state index in [4.69, 9.17) is 0 Å². The molecule has 1 atom stereocenters. The molecule has 1 heteroatoms. The number of hydrogen-bond acceptors (Lipinski definition) is 0. The summed E-state index contributed by atoms with van der Waals surface area (Å²) in [4.78, 5) is 0. The van der Waals surface area contributed by atoms with E-state index < -0.39 is 0 Å². The van der Waals surface area contributed by atoms with Gasteiger partial charge in [-0.1, -0.05) is 26.6 Å². The number of hydrogen-bond donors (Lipinski definition) is 0. The van der Waals surface area contributed by atoms with E-state index in [0.29, 0.717) is 10.5 Å². The largest absolute Gasteiger partial charge is 0.193 e. The maximum atomic E-state index is 4.10. The van der Waals surface area contributed by atoms with E-state index in [1.807, 2.05) is 0 Å². The fourth-order valence-corrected chi connectivity index (χ4v) is 2.53. The normalized spacial score (nSPS) is 14.2. The summed E-state index contributed by atoms with van der Waals surface area (Å²) in [5.41, 5.74) is 0. The predicted octanol–water partition coefficient (Wildman–Crippen LogP) is 2.75. The lowest BCUT2D eigenvalue weighted by Gasteiger charge is -2.07. The fraction of sp³-hybridized carbons (Fsp3) is 0.875. The van der Waals surface area contributed by atoms with Gasteiger partial charge in [-0.2, -0.15) is 10.5 Å². The molecule has 0 saturated carbocycles. The Balaban J connectivity index is 3.27. The average Bonchev–Trinajstić information content (AvgIpc) is 1.63. The smallest absolute Gasteiger partial charge is 0.00996 e. The van der Waals surface area contributed by atoms with Gasteiger partial charge in [-0.3, -0.25) is 0 Å². The second-order valence-corrected chi connectivity index (χ2v) is 4.84. The molecule has 0 amide bonds. The highest BCUT2D eigenvalue weighted by Gasteiger charge is 1.94. The molecular formula is C8H18S. The Hall–Kier alpha value is 0.220. The molecule has 0 spiro atoms. The Bertz CT molecular complexity index is 84.6. The lowest BCUT2D eigenvalue weighted by Crippen LogP contribution is -1.94. The van der Waals surface area contributed by atoms with Crippen LogP contribution in [-0.4, -0.2) is 17.4 Å². The first-order valence-electron chi connectivity index (χ1n) is 3.64. The predicted molar refractivity (Wildman–Crippen MR) is 49.6 cm³/mol. The molecule has 0 aliphatic heterocycles. The van der Waals surface area contributed by atoms with Crippen LogP contribution >= 0.6 is 10.5 Å². The van der Waals surface area contributed by atoms with E-state index in [2.05, 4.69) is 26.6 Å². The second kappa shape index (κ2) is 5.04. The molecule has 56 valence electrons. The maximum Gasteiger partial charge on any atom is -0.00996 e. The SMILES string of the molecule is C=S(CCC)CC(C)C. The van der Waals surface area contributed by atoms with Gasteiger partial charge in [-0.05, 0) is 23.8 Å². The van der Waals surface area contributed by atoms with E-state index in [0.717, 1.165) is 5.92 Å². The van der Waals surface area contributed by atoms with Gasteiger partial charge < -0.3 is 0 Å². The van der Waals surface area contributed by atoms with Crippen LogP contribution in [0.3, 0.4) is 0 Å². The van der Waals surface area contributed by atoms with Crippen molar-refractivity contribution in [2.24, 2.45) is 5.92 Å². The zero-order valence-electron chi connectivity index (χ0n) is 6.81. The lowest BCUT2D eigenvalue weighted by molar-refractivity contribution is 0.749. The van der Waals surface area contributed by atoms with Crippen LogP contribution in [-0.2, 0) is 0 Å². The lowest BCUT2D eigenvalue weighted by atomic mass is 10.3.